The van der Waals surface area contributed by atoms with Gasteiger partial charge in [0, 0.05) is 10.9 Å². The Morgan fingerprint density at radius 3 is 2.55 bits per heavy atom. The first-order chi connectivity index (χ1) is 9.67. The molecular weight excluding hydrogens is 272 g/mol. The van der Waals surface area contributed by atoms with E-state index >= 15 is 0 Å². The molecular formula is C16H21ClN2O. The molecule has 4 heteroatoms. The van der Waals surface area contributed by atoms with Crippen molar-refractivity contribution < 1.29 is 4.52 Å². The molecule has 0 radical (unpaired) electrons. The molecule has 0 saturated heterocycles. The monoisotopic (exact) mass is 292 g/mol. The van der Waals surface area contributed by atoms with E-state index in [0.717, 1.165) is 29.7 Å². The Morgan fingerprint density at radius 1 is 1.25 bits per heavy atom. The van der Waals surface area contributed by atoms with E-state index in [1.807, 2.05) is 24.3 Å². The van der Waals surface area contributed by atoms with Crippen molar-refractivity contribution in [2.75, 3.05) is 5.73 Å². The van der Waals surface area contributed by atoms with Crippen molar-refractivity contribution in [2.45, 2.75) is 45.4 Å². The van der Waals surface area contributed by atoms with Gasteiger partial charge in [-0.25, -0.2) is 0 Å². The maximum atomic E-state index is 5.99. The van der Waals surface area contributed by atoms with Gasteiger partial charge in [-0.2, -0.15) is 0 Å². The zero-order chi connectivity index (χ0) is 14.5. The predicted octanol–water partition coefficient (Wildman–Crippen LogP) is 5.26. The van der Waals surface area contributed by atoms with Gasteiger partial charge in [0.05, 0.1) is 5.56 Å². The van der Waals surface area contributed by atoms with E-state index in [1.165, 1.54) is 12.8 Å². The molecule has 0 fully saturated rings. The number of halogens is 1. The van der Waals surface area contributed by atoms with Gasteiger partial charge < -0.3 is 10.3 Å². The van der Waals surface area contributed by atoms with E-state index in [9.17, 15) is 0 Å². The molecule has 2 aromatic rings. The minimum absolute atomic E-state index is 0.366. The number of unbranched alkanes of at least 4 members (excludes halogenated alkanes) is 1. The Bertz CT molecular complexity index is 548. The standard InChI is InChI=1S/C16H21ClN2O/c1-3-5-6-11(4-2)15-14(16(18)19-20-15)12-7-9-13(17)10-8-12/h7-11H,3-6H2,1-2H3,(H2,18,19). The zero-order valence-corrected chi connectivity index (χ0v) is 12.8. The van der Waals surface area contributed by atoms with Crippen molar-refractivity contribution in [2.24, 2.45) is 0 Å². The largest absolute Gasteiger partial charge is 0.380 e. The van der Waals surface area contributed by atoms with E-state index in [-0.39, 0.29) is 0 Å². The summed E-state index contributed by atoms with van der Waals surface area (Å²) in [4.78, 5) is 0. The first kappa shape index (κ1) is 14.9. The molecule has 0 saturated carbocycles. The number of benzene rings is 1. The van der Waals surface area contributed by atoms with Crippen LogP contribution < -0.4 is 5.73 Å². The molecule has 1 aromatic heterocycles. The number of nitrogens with zero attached hydrogens (tertiary/aromatic N) is 1. The molecule has 0 aliphatic heterocycles. The number of nitrogen functional groups attached to an aromatic ring is 1. The average molecular weight is 293 g/mol. The summed E-state index contributed by atoms with van der Waals surface area (Å²) in [6.07, 6.45) is 4.48. The van der Waals surface area contributed by atoms with Gasteiger partial charge in [-0.05, 0) is 30.5 Å². The number of rotatable bonds is 6. The van der Waals surface area contributed by atoms with Gasteiger partial charge in [-0.1, -0.05) is 55.6 Å². The lowest BCUT2D eigenvalue weighted by Crippen LogP contribution is -1.99. The minimum Gasteiger partial charge on any atom is -0.380 e. The smallest absolute Gasteiger partial charge is 0.175 e. The van der Waals surface area contributed by atoms with Crippen LogP contribution >= 0.6 is 11.6 Å². The molecule has 1 aromatic carbocycles. The quantitative estimate of drug-likeness (QED) is 0.790. The third kappa shape index (κ3) is 3.15. The Hall–Kier alpha value is -1.48. The third-order valence-electron chi connectivity index (χ3n) is 3.65. The van der Waals surface area contributed by atoms with Crippen LogP contribution in [0.1, 0.15) is 51.2 Å². The van der Waals surface area contributed by atoms with Gasteiger partial charge in [-0.15, -0.1) is 0 Å². The lowest BCUT2D eigenvalue weighted by atomic mass is 9.91. The summed E-state index contributed by atoms with van der Waals surface area (Å²) in [5.74, 6) is 1.73. The Labute approximate surface area is 125 Å². The molecule has 20 heavy (non-hydrogen) atoms. The molecule has 2 rings (SSSR count). The molecule has 108 valence electrons. The maximum Gasteiger partial charge on any atom is 0.175 e. The molecule has 0 spiro atoms. The van der Waals surface area contributed by atoms with Crippen LogP contribution in [0.15, 0.2) is 28.8 Å². The summed E-state index contributed by atoms with van der Waals surface area (Å²) in [6, 6.07) is 7.64. The summed E-state index contributed by atoms with van der Waals surface area (Å²) >= 11 is 5.94. The fraction of sp³-hybridized carbons (Fsp3) is 0.438. The lowest BCUT2D eigenvalue weighted by Gasteiger charge is -2.13. The topological polar surface area (TPSA) is 52.0 Å². The Morgan fingerprint density at radius 2 is 1.95 bits per heavy atom. The second kappa shape index (κ2) is 6.80. The van der Waals surface area contributed by atoms with Gasteiger partial charge in [0.15, 0.2) is 5.82 Å². The SMILES string of the molecule is CCCCC(CC)c1onc(N)c1-c1ccc(Cl)cc1. The van der Waals surface area contributed by atoms with Crippen molar-refractivity contribution in [3.05, 3.63) is 35.0 Å². The lowest BCUT2D eigenvalue weighted by molar-refractivity contribution is 0.349. The summed E-state index contributed by atoms with van der Waals surface area (Å²) in [6.45, 7) is 4.37. The minimum atomic E-state index is 0.366. The fourth-order valence-electron chi connectivity index (χ4n) is 2.47. The van der Waals surface area contributed by atoms with Crippen LogP contribution in [0.2, 0.25) is 5.02 Å². The van der Waals surface area contributed by atoms with E-state index in [0.29, 0.717) is 16.8 Å². The molecule has 0 amide bonds. The van der Waals surface area contributed by atoms with Crippen molar-refractivity contribution >= 4 is 17.4 Å². The van der Waals surface area contributed by atoms with Gasteiger partial charge in [0.2, 0.25) is 0 Å². The van der Waals surface area contributed by atoms with Gasteiger partial charge in [0.1, 0.15) is 5.76 Å². The third-order valence-corrected chi connectivity index (χ3v) is 3.90. The van der Waals surface area contributed by atoms with Crippen LogP contribution in [-0.2, 0) is 0 Å². The average Bonchev–Trinajstić information content (AvgIpc) is 2.83. The molecule has 0 aliphatic rings. The highest BCUT2D eigenvalue weighted by Gasteiger charge is 2.22. The number of aromatic nitrogens is 1. The van der Waals surface area contributed by atoms with Crippen molar-refractivity contribution in [1.82, 2.24) is 5.16 Å². The summed E-state index contributed by atoms with van der Waals surface area (Å²) in [5.41, 5.74) is 7.93. The normalized spacial score (nSPS) is 12.6. The second-order valence-corrected chi connectivity index (χ2v) is 5.50. The molecule has 3 nitrogen and oxygen atoms in total. The van der Waals surface area contributed by atoms with E-state index in [1.54, 1.807) is 0 Å². The van der Waals surface area contributed by atoms with Crippen molar-refractivity contribution in [3.8, 4) is 11.1 Å². The zero-order valence-electron chi connectivity index (χ0n) is 12.0. The van der Waals surface area contributed by atoms with Crippen LogP contribution in [0.4, 0.5) is 5.82 Å². The highest BCUT2D eigenvalue weighted by Crippen LogP contribution is 2.37. The van der Waals surface area contributed by atoms with Crippen LogP contribution in [0.3, 0.4) is 0 Å². The summed E-state index contributed by atoms with van der Waals surface area (Å²) in [5, 5.41) is 4.67. The van der Waals surface area contributed by atoms with Crippen LogP contribution in [-0.4, -0.2) is 5.16 Å². The highest BCUT2D eigenvalue weighted by molar-refractivity contribution is 6.30. The predicted molar refractivity (Wildman–Crippen MR) is 83.9 cm³/mol. The highest BCUT2D eigenvalue weighted by atomic mass is 35.5. The maximum absolute atomic E-state index is 5.99. The number of nitrogens with two attached hydrogens (primary N) is 1. The first-order valence-electron chi connectivity index (χ1n) is 7.18. The number of anilines is 1. The van der Waals surface area contributed by atoms with Gasteiger partial charge >= 0.3 is 0 Å². The first-order valence-corrected chi connectivity index (χ1v) is 7.56. The molecule has 1 heterocycles. The molecule has 1 unspecified atom stereocenters. The molecule has 0 bridgehead atoms. The molecule has 2 N–H and O–H groups in total. The van der Waals surface area contributed by atoms with E-state index < -0.39 is 0 Å². The van der Waals surface area contributed by atoms with Crippen molar-refractivity contribution in [3.63, 3.8) is 0 Å². The molecule has 1 atom stereocenters. The van der Waals surface area contributed by atoms with Gasteiger partial charge in [0.25, 0.3) is 0 Å². The van der Waals surface area contributed by atoms with Gasteiger partial charge in [-0.3, -0.25) is 0 Å². The number of hydrogen-bond acceptors (Lipinski definition) is 3. The number of hydrogen-bond donors (Lipinski definition) is 1. The van der Waals surface area contributed by atoms with Crippen LogP contribution in [0.25, 0.3) is 11.1 Å². The summed E-state index contributed by atoms with van der Waals surface area (Å²) < 4.78 is 5.52. The van der Waals surface area contributed by atoms with Crippen molar-refractivity contribution in [1.29, 1.82) is 0 Å². The van der Waals surface area contributed by atoms with Crippen LogP contribution in [0, 0.1) is 0 Å². The Balaban J connectivity index is 2.37. The second-order valence-electron chi connectivity index (χ2n) is 5.06. The summed E-state index contributed by atoms with van der Waals surface area (Å²) in [7, 11) is 0. The van der Waals surface area contributed by atoms with E-state index in [2.05, 4.69) is 19.0 Å². The molecule has 0 aliphatic carbocycles. The Kier molecular flexibility index (Phi) is 5.07. The fourth-order valence-corrected chi connectivity index (χ4v) is 2.60. The van der Waals surface area contributed by atoms with E-state index in [4.69, 9.17) is 21.9 Å². The van der Waals surface area contributed by atoms with Crippen LogP contribution in [0.5, 0.6) is 0 Å².